The molecule has 0 atom stereocenters. The molecule has 0 aliphatic carbocycles. The summed E-state index contributed by atoms with van der Waals surface area (Å²) in [4.78, 5) is 4.06. The summed E-state index contributed by atoms with van der Waals surface area (Å²) in [6.07, 6.45) is 1.11. The number of hydrogen-bond acceptors (Lipinski definition) is 4. The second-order valence-corrected chi connectivity index (χ2v) is 5.11. The van der Waals surface area contributed by atoms with Crippen molar-refractivity contribution < 1.29 is 8.42 Å². The van der Waals surface area contributed by atoms with E-state index in [1.807, 2.05) is 0 Å². The fourth-order valence-electron chi connectivity index (χ4n) is 0.963. The molecular weight excluding hydrogens is 202 g/mol. The van der Waals surface area contributed by atoms with Crippen molar-refractivity contribution in [3.8, 4) is 0 Å². The van der Waals surface area contributed by atoms with Crippen LogP contribution in [0.2, 0.25) is 0 Å². The Morgan fingerprint density at radius 3 is 2.50 bits per heavy atom. The van der Waals surface area contributed by atoms with Crippen LogP contribution >= 0.6 is 0 Å². The maximum absolute atomic E-state index is 11.2. The zero-order chi connectivity index (χ0) is 10.9. The van der Waals surface area contributed by atoms with E-state index in [1.54, 1.807) is 19.1 Å². The van der Waals surface area contributed by atoms with Crippen molar-refractivity contribution in [2.24, 2.45) is 0 Å². The van der Waals surface area contributed by atoms with Crippen LogP contribution in [0.3, 0.4) is 0 Å². The van der Waals surface area contributed by atoms with E-state index >= 15 is 0 Å². The van der Waals surface area contributed by atoms with Crippen LogP contribution in [0.25, 0.3) is 0 Å². The third kappa shape index (κ3) is 2.14. The summed E-state index contributed by atoms with van der Waals surface area (Å²) >= 11 is 0. The van der Waals surface area contributed by atoms with E-state index in [0.717, 1.165) is 16.3 Å². The average molecular weight is 215 g/mol. The van der Waals surface area contributed by atoms with E-state index in [-0.39, 0.29) is 5.82 Å². The molecule has 0 amide bonds. The van der Waals surface area contributed by atoms with Crippen molar-refractivity contribution in [2.75, 3.05) is 23.3 Å². The van der Waals surface area contributed by atoms with Gasteiger partial charge in [0.05, 0.1) is 11.9 Å². The number of rotatable bonds is 2. The van der Waals surface area contributed by atoms with Crippen molar-refractivity contribution in [1.29, 1.82) is 0 Å². The summed E-state index contributed by atoms with van der Waals surface area (Å²) in [5.74, 6) is 0.271. The Morgan fingerprint density at radius 1 is 1.43 bits per heavy atom. The molecule has 1 heterocycles. The highest BCUT2D eigenvalue weighted by molar-refractivity contribution is 7.92. The van der Waals surface area contributed by atoms with Crippen LogP contribution in [0, 0.1) is 6.92 Å². The number of aryl methyl sites for hydroxylation is 1. The molecule has 0 fully saturated rings. The first-order valence-electron chi connectivity index (χ1n) is 3.99. The van der Waals surface area contributed by atoms with Gasteiger partial charge >= 0.3 is 0 Å². The molecule has 0 bridgehead atoms. The van der Waals surface area contributed by atoms with Gasteiger partial charge in [0.2, 0.25) is 10.0 Å². The Hall–Kier alpha value is -1.30. The number of aromatic nitrogens is 1. The number of nitrogens with zero attached hydrogens (tertiary/aromatic N) is 2. The molecule has 2 N–H and O–H groups in total. The van der Waals surface area contributed by atoms with Crippen molar-refractivity contribution in [2.45, 2.75) is 6.92 Å². The molecule has 1 aromatic heterocycles. The molecule has 0 aliphatic rings. The van der Waals surface area contributed by atoms with Crippen LogP contribution in [0.1, 0.15) is 5.69 Å². The van der Waals surface area contributed by atoms with Gasteiger partial charge in [0.25, 0.3) is 0 Å². The van der Waals surface area contributed by atoms with Crippen LogP contribution in [0.5, 0.6) is 0 Å². The summed E-state index contributed by atoms with van der Waals surface area (Å²) in [7, 11) is -1.88. The van der Waals surface area contributed by atoms with Gasteiger partial charge in [-0.1, -0.05) is 0 Å². The van der Waals surface area contributed by atoms with Crippen LogP contribution in [0.4, 0.5) is 11.5 Å². The summed E-state index contributed by atoms with van der Waals surface area (Å²) in [5, 5.41) is 0. The lowest BCUT2D eigenvalue weighted by atomic mass is 10.3. The van der Waals surface area contributed by atoms with Crippen molar-refractivity contribution in [1.82, 2.24) is 4.98 Å². The molecule has 0 aromatic carbocycles. The van der Waals surface area contributed by atoms with E-state index in [1.165, 1.54) is 7.05 Å². The van der Waals surface area contributed by atoms with Gasteiger partial charge in [-0.05, 0) is 19.1 Å². The Labute approximate surface area is 83.6 Å². The van der Waals surface area contributed by atoms with Gasteiger partial charge < -0.3 is 5.73 Å². The number of anilines is 2. The fourth-order valence-corrected chi connectivity index (χ4v) is 1.42. The van der Waals surface area contributed by atoms with Gasteiger partial charge in [-0.3, -0.25) is 4.31 Å². The van der Waals surface area contributed by atoms with Crippen LogP contribution in [0.15, 0.2) is 12.1 Å². The summed E-state index contributed by atoms with van der Waals surface area (Å²) < 4.78 is 23.5. The molecule has 0 aliphatic heterocycles. The van der Waals surface area contributed by atoms with E-state index in [0.29, 0.717) is 5.69 Å². The van der Waals surface area contributed by atoms with Crippen molar-refractivity contribution >= 4 is 21.5 Å². The second-order valence-electron chi connectivity index (χ2n) is 3.10. The van der Waals surface area contributed by atoms with Crippen LogP contribution in [-0.2, 0) is 10.0 Å². The first-order chi connectivity index (χ1) is 6.32. The topological polar surface area (TPSA) is 76.3 Å². The second kappa shape index (κ2) is 3.45. The normalized spacial score (nSPS) is 11.4. The quantitative estimate of drug-likeness (QED) is 0.773. The SMILES string of the molecule is Cc1ccc(N)c(N(C)S(C)(=O)=O)n1. The first-order valence-corrected chi connectivity index (χ1v) is 5.84. The van der Waals surface area contributed by atoms with Gasteiger partial charge in [-0.25, -0.2) is 13.4 Å². The zero-order valence-electron chi connectivity index (χ0n) is 8.35. The Balaban J connectivity index is 3.26. The molecule has 1 rings (SSSR count). The maximum atomic E-state index is 11.2. The molecule has 5 nitrogen and oxygen atoms in total. The lowest BCUT2D eigenvalue weighted by Crippen LogP contribution is -2.26. The summed E-state index contributed by atoms with van der Waals surface area (Å²) in [6, 6.07) is 3.37. The minimum absolute atomic E-state index is 0.271. The van der Waals surface area contributed by atoms with Gasteiger partial charge in [-0.15, -0.1) is 0 Å². The predicted molar refractivity (Wildman–Crippen MR) is 56.6 cm³/mol. The minimum Gasteiger partial charge on any atom is -0.396 e. The first kappa shape index (κ1) is 10.8. The molecule has 78 valence electrons. The highest BCUT2D eigenvalue weighted by atomic mass is 32.2. The van der Waals surface area contributed by atoms with Gasteiger partial charge in [0.1, 0.15) is 0 Å². The number of pyridine rings is 1. The maximum Gasteiger partial charge on any atom is 0.233 e. The number of hydrogen-bond donors (Lipinski definition) is 1. The fraction of sp³-hybridized carbons (Fsp3) is 0.375. The summed E-state index contributed by atoms with van der Waals surface area (Å²) in [5.41, 5.74) is 6.70. The standard InChI is InChI=1S/C8H13N3O2S/c1-6-4-5-7(9)8(10-6)11(2)14(3,12)13/h4-5H,9H2,1-3H3. The zero-order valence-corrected chi connectivity index (χ0v) is 9.17. The van der Waals surface area contributed by atoms with E-state index in [2.05, 4.69) is 4.98 Å². The van der Waals surface area contributed by atoms with E-state index in [4.69, 9.17) is 5.73 Å². The lowest BCUT2D eigenvalue weighted by Gasteiger charge is -2.17. The van der Waals surface area contributed by atoms with Gasteiger partial charge in [0.15, 0.2) is 5.82 Å². The smallest absolute Gasteiger partial charge is 0.233 e. The van der Waals surface area contributed by atoms with Gasteiger partial charge in [-0.2, -0.15) is 0 Å². The monoisotopic (exact) mass is 215 g/mol. The average Bonchev–Trinajstić information content (AvgIpc) is 2.06. The molecular formula is C8H13N3O2S. The largest absolute Gasteiger partial charge is 0.396 e. The Kier molecular flexibility index (Phi) is 2.66. The molecule has 0 saturated carbocycles. The Bertz CT molecular complexity index is 442. The Morgan fingerprint density at radius 2 is 2.00 bits per heavy atom. The van der Waals surface area contributed by atoms with E-state index in [9.17, 15) is 8.42 Å². The molecule has 0 unspecified atom stereocenters. The molecule has 0 radical (unpaired) electrons. The third-order valence-corrected chi connectivity index (χ3v) is 3.01. The van der Waals surface area contributed by atoms with Crippen LogP contribution in [-0.4, -0.2) is 26.7 Å². The number of sulfonamides is 1. The van der Waals surface area contributed by atoms with Crippen molar-refractivity contribution in [3.05, 3.63) is 17.8 Å². The molecule has 0 spiro atoms. The highest BCUT2D eigenvalue weighted by Gasteiger charge is 2.15. The minimum atomic E-state index is -3.30. The number of nitrogens with two attached hydrogens (primary N) is 1. The molecule has 1 aromatic rings. The highest BCUT2D eigenvalue weighted by Crippen LogP contribution is 2.20. The summed E-state index contributed by atoms with van der Waals surface area (Å²) in [6.45, 7) is 1.78. The van der Waals surface area contributed by atoms with Crippen molar-refractivity contribution in [3.63, 3.8) is 0 Å². The lowest BCUT2D eigenvalue weighted by molar-refractivity contribution is 0.600. The third-order valence-electron chi connectivity index (χ3n) is 1.84. The predicted octanol–water partition coefficient (Wildman–Crippen LogP) is 0.368. The number of nitrogen functional groups attached to an aromatic ring is 1. The van der Waals surface area contributed by atoms with E-state index < -0.39 is 10.0 Å². The molecule has 14 heavy (non-hydrogen) atoms. The molecule has 6 heteroatoms. The molecule has 0 saturated heterocycles. The van der Waals surface area contributed by atoms with Gasteiger partial charge in [0, 0.05) is 12.7 Å². The van der Waals surface area contributed by atoms with Crippen LogP contribution < -0.4 is 10.0 Å².